The highest BCUT2D eigenvalue weighted by Gasteiger charge is 2.23. The summed E-state index contributed by atoms with van der Waals surface area (Å²) in [6, 6.07) is 13.9. The molecular formula is C20H20BrN3O2S. The largest absolute Gasteiger partial charge is 0.493 e. The Labute approximate surface area is 170 Å². The standard InChI is InChI=1S/C20H20BrN3O2S/c1-2-24-17-6-4-3-5-16(17)23-20(24)27-12-19(25)22-15-9-10-26-18-8-7-13(21)11-14(15)18/h3-8,11,15H,2,9-10,12H2,1H3,(H,22,25). The number of hydrogen-bond donors (Lipinski definition) is 1. The van der Waals surface area contributed by atoms with Gasteiger partial charge in [0, 0.05) is 23.0 Å². The van der Waals surface area contributed by atoms with E-state index in [1.807, 2.05) is 36.4 Å². The van der Waals surface area contributed by atoms with Gasteiger partial charge in [-0.2, -0.15) is 0 Å². The molecule has 2 aromatic carbocycles. The first-order valence-electron chi connectivity index (χ1n) is 8.95. The molecule has 0 fully saturated rings. The van der Waals surface area contributed by atoms with Gasteiger partial charge in [-0.15, -0.1) is 0 Å². The van der Waals surface area contributed by atoms with Crippen LogP contribution in [0.2, 0.25) is 0 Å². The van der Waals surface area contributed by atoms with Crippen LogP contribution in [0.25, 0.3) is 11.0 Å². The first kappa shape index (κ1) is 18.4. The lowest BCUT2D eigenvalue weighted by Crippen LogP contribution is -2.33. The van der Waals surface area contributed by atoms with E-state index in [0.717, 1.165) is 44.9 Å². The first-order chi connectivity index (χ1) is 13.2. The van der Waals surface area contributed by atoms with Crippen molar-refractivity contribution in [1.82, 2.24) is 14.9 Å². The molecule has 1 aromatic heterocycles. The Bertz CT molecular complexity index is 989. The number of carbonyl (C=O) groups excluding carboxylic acids is 1. The van der Waals surface area contributed by atoms with Crippen molar-refractivity contribution in [3.8, 4) is 5.75 Å². The predicted molar refractivity (Wildman–Crippen MR) is 111 cm³/mol. The van der Waals surface area contributed by atoms with Crippen LogP contribution in [0, 0.1) is 0 Å². The zero-order valence-electron chi connectivity index (χ0n) is 14.9. The van der Waals surface area contributed by atoms with E-state index in [1.165, 1.54) is 11.8 Å². The number of carbonyl (C=O) groups is 1. The van der Waals surface area contributed by atoms with Crippen LogP contribution in [0.15, 0.2) is 52.1 Å². The summed E-state index contributed by atoms with van der Waals surface area (Å²) in [5.41, 5.74) is 3.09. The van der Waals surface area contributed by atoms with Gasteiger partial charge in [0.25, 0.3) is 0 Å². The fourth-order valence-corrected chi connectivity index (χ4v) is 4.62. The lowest BCUT2D eigenvalue weighted by molar-refractivity contribution is -0.119. The molecule has 5 nitrogen and oxygen atoms in total. The second-order valence-corrected chi connectivity index (χ2v) is 8.21. The van der Waals surface area contributed by atoms with E-state index in [2.05, 4.69) is 43.8 Å². The monoisotopic (exact) mass is 445 g/mol. The Balaban J connectivity index is 1.45. The molecule has 4 rings (SSSR count). The van der Waals surface area contributed by atoms with Gasteiger partial charge in [0.2, 0.25) is 5.91 Å². The fourth-order valence-electron chi connectivity index (χ4n) is 3.35. The zero-order valence-corrected chi connectivity index (χ0v) is 17.3. The molecule has 3 aromatic rings. The summed E-state index contributed by atoms with van der Waals surface area (Å²) >= 11 is 4.97. The van der Waals surface area contributed by atoms with Crippen LogP contribution in [0.5, 0.6) is 5.75 Å². The van der Waals surface area contributed by atoms with Crippen LogP contribution >= 0.6 is 27.7 Å². The van der Waals surface area contributed by atoms with Crippen LogP contribution in [-0.4, -0.2) is 27.8 Å². The summed E-state index contributed by atoms with van der Waals surface area (Å²) in [5.74, 6) is 1.19. The third kappa shape index (κ3) is 3.84. The number of halogens is 1. The van der Waals surface area contributed by atoms with Crippen molar-refractivity contribution in [3.63, 3.8) is 0 Å². The first-order valence-corrected chi connectivity index (χ1v) is 10.7. The maximum Gasteiger partial charge on any atom is 0.230 e. The summed E-state index contributed by atoms with van der Waals surface area (Å²) < 4.78 is 8.82. The highest BCUT2D eigenvalue weighted by atomic mass is 79.9. The minimum Gasteiger partial charge on any atom is -0.493 e. The molecule has 1 aliphatic heterocycles. The number of imidazole rings is 1. The molecule has 27 heavy (non-hydrogen) atoms. The number of rotatable bonds is 5. The Morgan fingerprint density at radius 3 is 3.07 bits per heavy atom. The molecule has 1 atom stereocenters. The fraction of sp³-hybridized carbons (Fsp3) is 0.300. The van der Waals surface area contributed by atoms with Crippen LogP contribution in [0.4, 0.5) is 0 Å². The molecule has 2 heterocycles. The van der Waals surface area contributed by atoms with Gasteiger partial charge in [0.05, 0.1) is 29.4 Å². The highest BCUT2D eigenvalue weighted by molar-refractivity contribution is 9.10. The number of aryl methyl sites for hydroxylation is 1. The van der Waals surface area contributed by atoms with Gasteiger partial charge < -0.3 is 14.6 Å². The predicted octanol–water partition coefficient (Wildman–Crippen LogP) is 4.55. The maximum atomic E-state index is 12.6. The van der Waals surface area contributed by atoms with Crippen LogP contribution < -0.4 is 10.1 Å². The number of fused-ring (bicyclic) bond motifs is 2. The quantitative estimate of drug-likeness (QED) is 0.585. The third-order valence-corrected chi connectivity index (χ3v) is 6.08. The summed E-state index contributed by atoms with van der Waals surface area (Å²) in [6.07, 6.45) is 0.771. The smallest absolute Gasteiger partial charge is 0.230 e. The number of benzene rings is 2. The lowest BCUT2D eigenvalue weighted by Gasteiger charge is -2.26. The maximum absolute atomic E-state index is 12.6. The summed E-state index contributed by atoms with van der Waals surface area (Å²) in [7, 11) is 0. The van der Waals surface area contributed by atoms with Crippen molar-refractivity contribution in [2.24, 2.45) is 0 Å². The van der Waals surface area contributed by atoms with Crippen molar-refractivity contribution < 1.29 is 9.53 Å². The minimum atomic E-state index is -0.0238. The normalized spacial score (nSPS) is 16.0. The zero-order chi connectivity index (χ0) is 18.8. The van der Waals surface area contributed by atoms with E-state index >= 15 is 0 Å². The van der Waals surface area contributed by atoms with E-state index < -0.39 is 0 Å². The number of para-hydroxylation sites is 2. The number of nitrogens with one attached hydrogen (secondary N) is 1. The molecule has 140 valence electrons. The van der Waals surface area contributed by atoms with Gasteiger partial charge >= 0.3 is 0 Å². The SMILES string of the molecule is CCn1c(SCC(=O)NC2CCOc3ccc(Br)cc32)nc2ccccc21. The van der Waals surface area contributed by atoms with Gasteiger partial charge in [-0.1, -0.05) is 39.8 Å². The van der Waals surface area contributed by atoms with Crippen LogP contribution in [0.1, 0.15) is 24.9 Å². The lowest BCUT2D eigenvalue weighted by atomic mass is 10.0. The molecule has 0 saturated carbocycles. The number of ether oxygens (including phenoxy) is 1. The van der Waals surface area contributed by atoms with Gasteiger partial charge in [-0.3, -0.25) is 4.79 Å². The van der Waals surface area contributed by atoms with Gasteiger partial charge in [0.1, 0.15) is 5.75 Å². The van der Waals surface area contributed by atoms with E-state index in [9.17, 15) is 4.79 Å². The van der Waals surface area contributed by atoms with E-state index in [-0.39, 0.29) is 11.9 Å². The van der Waals surface area contributed by atoms with Crippen LogP contribution in [-0.2, 0) is 11.3 Å². The Hall–Kier alpha value is -1.99. The Morgan fingerprint density at radius 2 is 2.22 bits per heavy atom. The molecule has 0 spiro atoms. The number of hydrogen-bond acceptors (Lipinski definition) is 4. The second-order valence-electron chi connectivity index (χ2n) is 6.36. The topological polar surface area (TPSA) is 56.2 Å². The van der Waals surface area contributed by atoms with E-state index in [1.54, 1.807) is 0 Å². The molecule has 1 N–H and O–H groups in total. The third-order valence-electron chi connectivity index (χ3n) is 4.61. The van der Waals surface area contributed by atoms with Crippen molar-refractivity contribution in [1.29, 1.82) is 0 Å². The summed E-state index contributed by atoms with van der Waals surface area (Å²) in [6.45, 7) is 3.53. The molecule has 1 amide bonds. The van der Waals surface area contributed by atoms with Gasteiger partial charge in [0.15, 0.2) is 5.16 Å². The van der Waals surface area contributed by atoms with Crippen molar-refractivity contribution in [2.75, 3.05) is 12.4 Å². The summed E-state index contributed by atoms with van der Waals surface area (Å²) in [5, 5.41) is 4.02. The average molecular weight is 446 g/mol. The van der Waals surface area contributed by atoms with Crippen LogP contribution in [0.3, 0.4) is 0 Å². The molecule has 0 radical (unpaired) electrons. The molecule has 7 heteroatoms. The molecule has 1 aliphatic rings. The summed E-state index contributed by atoms with van der Waals surface area (Å²) in [4.78, 5) is 17.2. The minimum absolute atomic E-state index is 0.00698. The second kappa shape index (κ2) is 7.94. The number of nitrogens with zero attached hydrogens (tertiary/aromatic N) is 2. The number of amides is 1. The van der Waals surface area contributed by atoms with Crippen molar-refractivity contribution in [3.05, 3.63) is 52.5 Å². The Morgan fingerprint density at radius 1 is 1.37 bits per heavy atom. The van der Waals surface area contributed by atoms with Gasteiger partial charge in [-0.05, 0) is 37.3 Å². The molecule has 0 saturated heterocycles. The van der Waals surface area contributed by atoms with E-state index in [0.29, 0.717) is 12.4 Å². The Kier molecular flexibility index (Phi) is 5.41. The number of aromatic nitrogens is 2. The van der Waals surface area contributed by atoms with E-state index in [4.69, 9.17) is 4.74 Å². The van der Waals surface area contributed by atoms with Crippen molar-refractivity contribution in [2.45, 2.75) is 31.1 Å². The van der Waals surface area contributed by atoms with Crippen molar-refractivity contribution >= 4 is 44.6 Å². The number of thioether (sulfide) groups is 1. The molecular weight excluding hydrogens is 426 g/mol. The molecule has 0 bridgehead atoms. The average Bonchev–Trinajstić information content (AvgIpc) is 3.04. The molecule has 0 aliphatic carbocycles. The van der Waals surface area contributed by atoms with Gasteiger partial charge in [-0.25, -0.2) is 4.98 Å². The highest BCUT2D eigenvalue weighted by Crippen LogP contribution is 2.34. The molecule has 1 unspecified atom stereocenters.